The predicted octanol–water partition coefficient (Wildman–Crippen LogP) is 5.91. The predicted molar refractivity (Wildman–Crippen MR) is 133 cm³/mol. The van der Waals surface area contributed by atoms with Gasteiger partial charge in [0.1, 0.15) is 5.82 Å². The van der Waals surface area contributed by atoms with Crippen molar-refractivity contribution in [3.8, 4) is 5.69 Å². The largest absolute Gasteiger partial charge is 0.325 e. The van der Waals surface area contributed by atoms with Gasteiger partial charge in [0.15, 0.2) is 5.16 Å². The minimum absolute atomic E-state index is 0.0668. The average Bonchev–Trinajstić information content (AvgIpc) is 3.20. The molecule has 162 valence electrons. The molecule has 1 aromatic heterocycles. The molecule has 0 aliphatic carbocycles. The highest BCUT2D eigenvalue weighted by Crippen LogP contribution is 2.27. The van der Waals surface area contributed by atoms with Gasteiger partial charge in [0, 0.05) is 16.3 Å². The molecular weight excluding hydrogens is 436 g/mol. The van der Waals surface area contributed by atoms with Crippen LogP contribution in [0.4, 0.5) is 5.69 Å². The lowest BCUT2D eigenvalue weighted by Crippen LogP contribution is -2.15. The first kappa shape index (κ1) is 22.2. The van der Waals surface area contributed by atoms with E-state index in [4.69, 9.17) is 0 Å². The second-order valence-corrected chi connectivity index (χ2v) is 9.38. The maximum Gasteiger partial charge on any atom is 0.234 e. The molecule has 0 aliphatic heterocycles. The quantitative estimate of drug-likeness (QED) is 0.331. The van der Waals surface area contributed by atoms with Crippen molar-refractivity contribution < 1.29 is 4.79 Å². The number of hydrogen-bond donors (Lipinski definition) is 1. The summed E-state index contributed by atoms with van der Waals surface area (Å²) in [5, 5.41) is 12.5. The van der Waals surface area contributed by atoms with Gasteiger partial charge in [-0.3, -0.25) is 9.36 Å². The summed E-state index contributed by atoms with van der Waals surface area (Å²) in [6, 6.07) is 26.3. The van der Waals surface area contributed by atoms with Crippen LogP contribution in [0.3, 0.4) is 0 Å². The molecule has 0 spiro atoms. The standard InChI is InChI=1S/C25H24N4OS2/c1-18-13-19(2)15-20(14-18)26-24(30)17-32-25-28-27-23(16-31-22-11-7-4-8-12-22)29(25)21-9-5-3-6-10-21/h3-15H,16-17H2,1-2H3,(H,26,30). The number of amides is 1. The Bertz CT molecular complexity index is 1170. The van der Waals surface area contributed by atoms with Gasteiger partial charge in [-0.1, -0.05) is 54.2 Å². The molecule has 4 aromatic rings. The van der Waals surface area contributed by atoms with Crippen LogP contribution in [0.1, 0.15) is 17.0 Å². The van der Waals surface area contributed by atoms with E-state index < -0.39 is 0 Å². The third-order valence-corrected chi connectivity index (χ3v) is 6.60. The first-order chi connectivity index (χ1) is 15.6. The highest BCUT2D eigenvalue weighted by molar-refractivity contribution is 7.99. The molecule has 1 N–H and O–H groups in total. The Morgan fingerprint density at radius 1 is 0.875 bits per heavy atom. The number of aromatic nitrogens is 3. The lowest BCUT2D eigenvalue weighted by atomic mass is 10.1. The van der Waals surface area contributed by atoms with Crippen molar-refractivity contribution in [2.45, 2.75) is 29.7 Å². The van der Waals surface area contributed by atoms with Crippen LogP contribution in [-0.2, 0) is 10.5 Å². The summed E-state index contributed by atoms with van der Waals surface area (Å²) in [5.41, 5.74) is 4.05. The molecule has 32 heavy (non-hydrogen) atoms. The highest BCUT2D eigenvalue weighted by Gasteiger charge is 2.16. The highest BCUT2D eigenvalue weighted by atomic mass is 32.2. The second-order valence-electron chi connectivity index (χ2n) is 7.38. The smallest absolute Gasteiger partial charge is 0.234 e. The Labute approximate surface area is 196 Å². The molecular formula is C25H24N4OS2. The minimum atomic E-state index is -0.0668. The molecule has 4 rings (SSSR count). The van der Waals surface area contributed by atoms with Crippen LogP contribution in [0, 0.1) is 13.8 Å². The Morgan fingerprint density at radius 3 is 2.22 bits per heavy atom. The fourth-order valence-corrected chi connectivity index (χ4v) is 4.97. The average molecular weight is 461 g/mol. The number of nitrogens with zero attached hydrogens (tertiary/aromatic N) is 3. The Morgan fingerprint density at radius 2 is 1.53 bits per heavy atom. The number of nitrogens with one attached hydrogen (secondary N) is 1. The molecule has 7 heteroatoms. The van der Waals surface area contributed by atoms with Crippen LogP contribution in [0.2, 0.25) is 0 Å². The minimum Gasteiger partial charge on any atom is -0.325 e. The molecule has 0 bridgehead atoms. The maximum absolute atomic E-state index is 12.6. The number of para-hydroxylation sites is 1. The van der Waals surface area contributed by atoms with Crippen LogP contribution in [-0.4, -0.2) is 26.4 Å². The summed E-state index contributed by atoms with van der Waals surface area (Å²) in [6.07, 6.45) is 0. The van der Waals surface area contributed by atoms with Gasteiger partial charge in [0.25, 0.3) is 0 Å². The monoisotopic (exact) mass is 460 g/mol. The number of thioether (sulfide) groups is 2. The van der Waals surface area contributed by atoms with E-state index >= 15 is 0 Å². The van der Waals surface area contributed by atoms with Crippen LogP contribution < -0.4 is 5.32 Å². The van der Waals surface area contributed by atoms with E-state index in [-0.39, 0.29) is 11.7 Å². The number of benzene rings is 3. The molecule has 0 saturated carbocycles. The molecule has 0 saturated heterocycles. The molecule has 3 aromatic carbocycles. The molecule has 1 amide bonds. The third kappa shape index (κ3) is 5.81. The van der Waals surface area contributed by atoms with E-state index in [1.54, 1.807) is 11.8 Å². The van der Waals surface area contributed by atoms with Crippen molar-refractivity contribution in [2.75, 3.05) is 11.1 Å². The van der Waals surface area contributed by atoms with Crippen molar-refractivity contribution >= 4 is 35.1 Å². The van der Waals surface area contributed by atoms with Crippen LogP contribution in [0.5, 0.6) is 0 Å². The number of hydrogen-bond acceptors (Lipinski definition) is 5. The van der Waals surface area contributed by atoms with Crippen molar-refractivity contribution in [1.82, 2.24) is 14.8 Å². The topological polar surface area (TPSA) is 59.8 Å². The summed E-state index contributed by atoms with van der Waals surface area (Å²) < 4.78 is 2.03. The Balaban J connectivity index is 1.49. The number of anilines is 1. The van der Waals surface area contributed by atoms with Gasteiger partial charge in [0.2, 0.25) is 5.91 Å². The second kappa shape index (κ2) is 10.5. The first-order valence-corrected chi connectivity index (χ1v) is 12.2. The van der Waals surface area contributed by atoms with E-state index in [1.165, 1.54) is 16.7 Å². The molecule has 0 unspecified atom stereocenters. The molecule has 0 radical (unpaired) electrons. The lowest BCUT2D eigenvalue weighted by molar-refractivity contribution is -0.113. The Hall–Kier alpha value is -3.03. The van der Waals surface area contributed by atoms with Crippen molar-refractivity contribution in [2.24, 2.45) is 0 Å². The van der Waals surface area contributed by atoms with Gasteiger partial charge in [-0.05, 0) is 61.4 Å². The Kier molecular flexibility index (Phi) is 7.29. The SMILES string of the molecule is Cc1cc(C)cc(NC(=O)CSc2nnc(CSc3ccccc3)n2-c2ccccc2)c1. The summed E-state index contributed by atoms with van der Waals surface area (Å²) in [6.45, 7) is 4.05. The third-order valence-electron chi connectivity index (χ3n) is 4.66. The molecule has 1 heterocycles. The van der Waals surface area contributed by atoms with E-state index in [0.29, 0.717) is 10.9 Å². The van der Waals surface area contributed by atoms with Gasteiger partial charge >= 0.3 is 0 Å². The fourth-order valence-electron chi connectivity index (χ4n) is 3.36. The van der Waals surface area contributed by atoms with Crippen LogP contribution in [0.25, 0.3) is 5.69 Å². The zero-order valence-corrected chi connectivity index (χ0v) is 19.6. The van der Waals surface area contributed by atoms with Gasteiger partial charge in [-0.2, -0.15) is 0 Å². The zero-order valence-electron chi connectivity index (χ0n) is 18.0. The van der Waals surface area contributed by atoms with E-state index in [2.05, 4.69) is 33.7 Å². The number of carbonyl (C=O) groups is 1. The van der Waals surface area contributed by atoms with E-state index in [9.17, 15) is 4.79 Å². The van der Waals surface area contributed by atoms with Gasteiger partial charge in [0.05, 0.1) is 11.5 Å². The summed E-state index contributed by atoms with van der Waals surface area (Å²) in [5.74, 6) is 1.72. The molecule has 0 atom stereocenters. The summed E-state index contributed by atoms with van der Waals surface area (Å²) in [4.78, 5) is 13.8. The number of rotatable bonds is 8. The van der Waals surface area contributed by atoms with Crippen molar-refractivity contribution in [3.05, 3.63) is 95.8 Å². The van der Waals surface area contributed by atoms with Gasteiger partial charge in [-0.25, -0.2) is 0 Å². The fraction of sp³-hybridized carbons (Fsp3) is 0.160. The lowest BCUT2D eigenvalue weighted by Gasteiger charge is -2.11. The summed E-state index contributed by atoms with van der Waals surface area (Å²) >= 11 is 3.10. The number of aryl methyl sites for hydroxylation is 2. The number of carbonyl (C=O) groups excluding carboxylic acids is 1. The zero-order chi connectivity index (χ0) is 22.3. The van der Waals surface area contributed by atoms with E-state index in [0.717, 1.165) is 28.3 Å². The molecule has 5 nitrogen and oxygen atoms in total. The van der Waals surface area contributed by atoms with Crippen LogP contribution >= 0.6 is 23.5 Å². The van der Waals surface area contributed by atoms with Gasteiger partial charge in [-0.15, -0.1) is 22.0 Å². The van der Waals surface area contributed by atoms with Crippen molar-refractivity contribution in [3.63, 3.8) is 0 Å². The first-order valence-electron chi connectivity index (χ1n) is 10.3. The van der Waals surface area contributed by atoms with Gasteiger partial charge < -0.3 is 5.32 Å². The van der Waals surface area contributed by atoms with Crippen LogP contribution in [0.15, 0.2) is 88.9 Å². The van der Waals surface area contributed by atoms with E-state index in [1.807, 2.05) is 79.1 Å². The maximum atomic E-state index is 12.6. The summed E-state index contributed by atoms with van der Waals surface area (Å²) in [7, 11) is 0. The normalized spacial score (nSPS) is 10.8. The van der Waals surface area contributed by atoms with Crippen molar-refractivity contribution in [1.29, 1.82) is 0 Å². The molecule has 0 fully saturated rings. The molecule has 0 aliphatic rings.